The summed E-state index contributed by atoms with van der Waals surface area (Å²) in [6.45, 7) is 2.00. The molecule has 0 N–H and O–H groups in total. The van der Waals surface area contributed by atoms with E-state index >= 15 is 0 Å². The number of carbonyl (C=O) groups is 1. The second-order valence-corrected chi connectivity index (χ2v) is 9.64. The van der Waals surface area contributed by atoms with Gasteiger partial charge >= 0.3 is 5.97 Å². The number of cyclic esters (lactones) is 1. The average molecular weight is 399 g/mol. The molecule has 1 aromatic heterocycles. The fourth-order valence-electron chi connectivity index (χ4n) is 3.21. The Morgan fingerprint density at radius 2 is 1.78 bits per heavy atom. The van der Waals surface area contributed by atoms with Crippen molar-refractivity contribution in [3.8, 4) is 22.3 Å². The number of sulfone groups is 1. The van der Waals surface area contributed by atoms with E-state index in [0.717, 1.165) is 32.7 Å². The summed E-state index contributed by atoms with van der Waals surface area (Å²) in [5.74, 6) is -0.0981. The third-order valence-electron chi connectivity index (χ3n) is 4.77. The first-order chi connectivity index (χ1) is 13.0. The monoisotopic (exact) mass is 398 g/mol. The molecular weight excluding hydrogens is 380 g/mol. The zero-order valence-corrected chi connectivity index (χ0v) is 16.4. The Morgan fingerprint density at radius 1 is 1.04 bits per heavy atom. The van der Waals surface area contributed by atoms with Crippen molar-refractivity contribution in [2.75, 3.05) is 5.75 Å². The predicted molar refractivity (Wildman–Crippen MR) is 106 cm³/mol. The summed E-state index contributed by atoms with van der Waals surface area (Å²) in [6, 6.07) is 15.1. The van der Waals surface area contributed by atoms with Crippen molar-refractivity contribution >= 4 is 27.1 Å². The van der Waals surface area contributed by atoms with Crippen molar-refractivity contribution in [2.24, 2.45) is 0 Å². The number of thiophene rings is 1. The van der Waals surface area contributed by atoms with Gasteiger partial charge in [0.25, 0.3) is 0 Å². The van der Waals surface area contributed by atoms with Crippen molar-refractivity contribution in [1.82, 2.24) is 0 Å². The Balaban J connectivity index is 1.70. The lowest BCUT2D eigenvalue weighted by Crippen LogP contribution is -2.14. The summed E-state index contributed by atoms with van der Waals surface area (Å²) in [6.07, 6.45) is 0.308. The highest BCUT2D eigenvalue weighted by atomic mass is 32.2. The minimum atomic E-state index is -3.20. The number of ether oxygens (including phenoxy) is 1. The lowest BCUT2D eigenvalue weighted by molar-refractivity contribution is -0.145. The largest absolute Gasteiger partial charge is 0.460 e. The van der Waals surface area contributed by atoms with Crippen molar-refractivity contribution in [2.45, 2.75) is 24.8 Å². The molecule has 0 spiro atoms. The van der Waals surface area contributed by atoms with Gasteiger partial charge in [-0.05, 0) is 51.4 Å². The molecule has 4 rings (SSSR count). The van der Waals surface area contributed by atoms with Gasteiger partial charge in [-0.15, -0.1) is 11.3 Å². The quantitative estimate of drug-likeness (QED) is 0.608. The van der Waals surface area contributed by atoms with Gasteiger partial charge < -0.3 is 4.74 Å². The van der Waals surface area contributed by atoms with Crippen molar-refractivity contribution in [1.29, 1.82) is 0 Å². The van der Waals surface area contributed by atoms with Crippen LogP contribution < -0.4 is 0 Å². The minimum Gasteiger partial charge on any atom is -0.460 e. The van der Waals surface area contributed by atoms with Crippen LogP contribution in [0, 0.1) is 0 Å². The molecule has 0 saturated heterocycles. The maximum Gasteiger partial charge on any atom is 0.310 e. The molecule has 0 aliphatic carbocycles. The van der Waals surface area contributed by atoms with Crippen LogP contribution in [0.3, 0.4) is 0 Å². The molecule has 0 fully saturated rings. The van der Waals surface area contributed by atoms with Gasteiger partial charge in [0.1, 0.15) is 6.61 Å². The molecule has 0 atom stereocenters. The molecule has 27 heavy (non-hydrogen) atoms. The molecule has 2 heterocycles. The molecular formula is C21H18O4S2. The lowest BCUT2D eigenvalue weighted by atomic mass is 9.96. The molecule has 2 aromatic carbocycles. The molecule has 0 saturated carbocycles. The third-order valence-corrected chi connectivity index (χ3v) is 7.52. The second-order valence-electron chi connectivity index (χ2n) is 6.40. The van der Waals surface area contributed by atoms with E-state index in [0.29, 0.717) is 17.9 Å². The maximum atomic E-state index is 12.0. The number of hydrogen-bond acceptors (Lipinski definition) is 5. The normalized spacial score (nSPS) is 13.9. The third kappa shape index (κ3) is 3.42. The van der Waals surface area contributed by atoms with Crippen molar-refractivity contribution in [3.63, 3.8) is 0 Å². The fraction of sp³-hybridized carbons (Fsp3) is 0.190. The number of hydrogen-bond donors (Lipinski definition) is 0. The highest BCUT2D eigenvalue weighted by Gasteiger charge is 2.22. The molecule has 1 aliphatic heterocycles. The van der Waals surface area contributed by atoms with E-state index in [2.05, 4.69) is 11.4 Å². The number of rotatable bonds is 4. The first-order valence-corrected chi connectivity index (χ1v) is 11.2. The van der Waals surface area contributed by atoms with E-state index in [9.17, 15) is 13.2 Å². The Bertz CT molecular complexity index is 1110. The van der Waals surface area contributed by atoms with Crippen molar-refractivity contribution < 1.29 is 17.9 Å². The zero-order valence-electron chi connectivity index (χ0n) is 14.8. The summed E-state index contributed by atoms with van der Waals surface area (Å²) in [4.78, 5) is 13.1. The fourth-order valence-corrected chi connectivity index (χ4v) is 5.08. The van der Waals surface area contributed by atoms with Crippen LogP contribution in [0.25, 0.3) is 22.3 Å². The van der Waals surface area contributed by atoms with Crippen molar-refractivity contribution in [3.05, 3.63) is 64.4 Å². The Kier molecular flexibility index (Phi) is 4.61. The summed E-state index contributed by atoms with van der Waals surface area (Å²) in [7, 11) is -3.20. The Hall–Kier alpha value is -2.44. The van der Waals surface area contributed by atoms with Gasteiger partial charge in [-0.3, -0.25) is 4.79 Å². The van der Waals surface area contributed by atoms with E-state index < -0.39 is 9.84 Å². The van der Waals surface area contributed by atoms with Crippen LogP contribution >= 0.6 is 11.3 Å². The standard InChI is InChI=1S/C21H18O4S2/c1-2-27(23,24)17-8-6-14(7-9-17)15-4-3-5-16(10-15)19-13-26-20-12-25-21(22)11-18(19)20/h3-10,13H,2,11-12H2,1H3. The van der Waals surface area contributed by atoms with Gasteiger partial charge in [0, 0.05) is 4.88 Å². The van der Waals surface area contributed by atoms with Gasteiger partial charge in [-0.2, -0.15) is 0 Å². The van der Waals surface area contributed by atoms with Crippen LogP contribution in [0.5, 0.6) is 0 Å². The van der Waals surface area contributed by atoms with Crippen LogP contribution in [0.2, 0.25) is 0 Å². The van der Waals surface area contributed by atoms with Crippen LogP contribution in [0.4, 0.5) is 0 Å². The molecule has 3 aromatic rings. The molecule has 4 nitrogen and oxygen atoms in total. The van der Waals surface area contributed by atoms with Gasteiger partial charge in [0.2, 0.25) is 0 Å². The molecule has 0 amide bonds. The second kappa shape index (κ2) is 6.94. The van der Waals surface area contributed by atoms with Gasteiger partial charge in [0.05, 0.1) is 17.1 Å². The smallest absolute Gasteiger partial charge is 0.310 e. The maximum absolute atomic E-state index is 12.0. The number of benzene rings is 2. The van der Waals surface area contributed by atoms with E-state index in [-0.39, 0.29) is 11.7 Å². The summed E-state index contributed by atoms with van der Waals surface area (Å²) in [5.41, 5.74) is 5.13. The number of esters is 1. The SMILES string of the molecule is CCS(=O)(=O)c1ccc(-c2cccc(-c3csc4c3CC(=O)OC4)c2)cc1. The van der Waals surface area contributed by atoms with Gasteiger partial charge in [-0.1, -0.05) is 37.3 Å². The molecule has 0 radical (unpaired) electrons. The first kappa shape index (κ1) is 17.9. The lowest BCUT2D eigenvalue weighted by Gasteiger charge is -2.14. The summed E-state index contributed by atoms with van der Waals surface area (Å²) >= 11 is 1.61. The Morgan fingerprint density at radius 3 is 2.52 bits per heavy atom. The summed E-state index contributed by atoms with van der Waals surface area (Å²) < 4.78 is 29.1. The highest BCUT2D eigenvalue weighted by molar-refractivity contribution is 7.91. The highest BCUT2D eigenvalue weighted by Crippen LogP contribution is 2.36. The zero-order chi connectivity index (χ0) is 19.0. The number of carbonyl (C=O) groups excluding carboxylic acids is 1. The summed E-state index contributed by atoms with van der Waals surface area (Å²) in [5, 5.41) is 2.07. The van der Waals surface area contributed by atoms with Gasteiger partial charge in [0.15, 0.2) is 9.84 Å². The van der Waals surface area contributed by atoms with Gasteiger partial charge in [-0.25, -0.2) is 8.42 Å². The minimum absolute atomic E-state index is 0.0908. The van der Waals surface area contributed by atoms with E-state index in [1.165, 1.54) is 0 Å². The predicted octanol–water partition coefficient (Wildman–Crippen LogP) is 4.48. The van der Waals surface area contributed by atoms with E-state index in [4.69, 9.17) is 4.74 Å². The first-order valence-electron chi connectivity index (χ1n) is 8.66. The topological polar surface area (TPSA) is 60.4 Å². The molecule has 6 heteroatoms. The number of fused-ring (bicyclic) bond motifs is 1. The van der Waals surface area contributed by atoms with E-state index in [1.54, 1.807) is 30.4 Å². The Labute approximate surface area is 162 Å². The molecule has 0 bridgehead atoms. The molecule has 1 aliphatic rings. The van der Waals surface area contributed by atoms with Crippen LogP contribution in [0.15, 0.2) is 58.8 Å². The van der Waals surface area contributed by atoms with Crippen LogP contribution in [-0.2, 0) is 32.4 Å². The van der Waals surface area contributed by atoms with Crippen LogP contribution in [0.1, 0.15) is 17.4 Å². The molecule has 0 unspecified atom stereocenters. The average Bonchev–Trinajstić information content (AvgIpc) is 3.11. The molecule has 138 valence electrons. The van der Waals surface area contributed by atoms with E-state index in [1.807, 2.05) is 30.3 Å². The van der Waals surface area contributed by atoms with Crippen LogP contribution in [-0.4, -0.2) is 20.1 Å².